The lowest BCUT2D eigenvalue weighted by Gasteiger charge is -2.10. The van der Waals surface area contributed by atoms with Gasteiger partial charge in [0.05, 0.1) is 11.4 Å². The van der Waals surface area contributed by atoms with E-state index in [0.29, 0.717) is 22.5 Å². The fourth-order valence-corrected chi connectivity index (χ4v) is 3.85. The topological polar surface area (TPSA) is 76.9 Å². The number of hydrogen-bond acceptors (Lipinski definition) is 5. The molecule has 25 heavy (non-hydrogen) atoms. The number of halogens is 1. The molecule has 0 aliphatic heterocycles. The van der Waals surface area contributed by atoms with Crippen molar-refractivity contribution in [2.45, 2.75) is 35.3 Å². The first kappa shape index (κ1) is 19.7. The first-order chi connectivity index (χ1) is 11.9. The Hall–Kier alpha value is -1.61. The quantitative estimate of drug-likeness (QED) is 0.518. The number of aromatic nitrogens is 3. The fourth-order valence-electron chi connectivity index (χ4n) is 1.92. The van der Waals surface area contributed by atoms with Gasteiger partial charge in [-0.2, -0.15) is 0 Å². The number of sulfonamides is 1. The largest absolute Gasteiger partial charge is 0.301 e. The van der Waals surface area contributed by atoms with Crippen LogP contribution in [0, 0.1) is 0 Å². The zero-order chi connectivity index (χ0) is 18.4. The first-order valence-electron chi connectivity index (χ1n) is 7.44. The molecule has 0 spiro atoms. The summed E-state index contributed by atoms with van der Waals surface area (Å²) in [7, 11) is -3.66. The Kier molecular flexibility index (Phi) is 6.83. The lowest BCUT2D eigenvalue weighted by atomic mass is 10.4. The smallest absolute Gasteiger partial charge is 0.240 e. The third kappa shape index (κ3) is 5.18. The Bertz CT molecular complexity index is 848. The monoisotopic (exact) mass is 398 g/mol. The number of rotatable bonds is 9. The van der Waals surface area contributed by atoms with Crippen LogP contribution in [0.3, 0.4) is 0 Å². The highest BCUT2D eigenvalue weighted by Gasteiger charge is 2.18. The van der Waals surface area contributed by atoms with Crippen LogP contribution in [-0.2, 0) is 23.1 Å². The number of nitrogens with one attached hydrogen (secondary N) is 1. The molecule has 0 fully saturated rings. The Labute approximate surface area is 157 Å². The molecule has 2 rings (SSSR count). The summed E-state index contributed by atoms with van der Waals surface area (Å²) in [5.41, 5.74) is 0. The highest BCUT2D eigenvalue weighted by Crippen LogP contribution is 2.23. The van der Waals surface area contributed by atoms with E-state index in [1.165, 1.54) is 36.0 Å². The average Bonchev–Trinajstić information content (AvgIpc) is 2.95. The Morgan fingerprint density at radius 3 is 2.60 bits per heavy atom. The molecular weight excluding hydrogens is 380 g/mol. The highest BCUT2D eigenvalue weighted by molar-refractivity contribution is 7.99. The van der Waals surface area contributed by atoms with Gasteiger partial charge in [-0.3, -0.25) is 0 Å². The van der Waals surface area contributed by atoms with E-state index in [2.05, 4.69) is 28.1 Å². The molecule has 0 saturated carbocycles. The maximum atomic E-state index is 12.4. The normalized spacial score (nSPS) is 12.7. The van der Waals surface area contributed by atoms with Crippen molar-refractivity contribution in [1.82, 2.24) is 19.5 Å². The number of thioether (sulfide) groups is 1. The van der Waals surface area contributed by atoms with Gasteiger partial charge in [0.25, 0.3) is 0 Å². The molecule has 9 heteroatoms. The van der Waals surface area contributed by atoms with Gasteiger partial charge < -0.3 is 4.57 Å². The first-order valence-corrected chi connectivity index (χ1v) is 10.2. The second-order valence-corrected chi connectivity index (χ2v) is 8.68. The molecule has 0 amide bonds. The fraction of sp³-hybridized carbons (Fsp3) is 0.250. The van der Waals surface area contributed by atoms with E-state index in [1.54, 1.807) is 12.2 Å². The summed E-state index contributed by atoms with van der Waals surface area (Å²) >= 11 is 7.28. The van der Waals surface area contributed by atoms with Gasteiger partial charge in [0.1, 0.15) is 5.82 Å². The molecule has 2 aromatic rings. The predicted molar refractivity (Wildman–Crippen MR) is 101 cm³/mol. The highest BCUT2D eigenvalue weighted by atomic mass is 35.5. The number of benzene rings is 1. The predicted octanol–water partition coefficient (Wildman–Crippen LogP) is 3.26. The third-order valence-corrected chi connectivity index (χ3v) is 6.02. The summed E-state index contributed by atoms with van der Waals surface area (Å²) in [6.45, 7) is 9.97. The van der Waals surface area contributed by atoms with E-state index in [4.69, 9.17) is 11.6 Å². The van der Waals surface area contributed by atoms with E-state index < -0.39 is 10.0 Å². The van der Waals surface area contributed by atoms with Gasteiger partial charge in [-0.05, 0) is 31.2 Å². The molecular formula is C16H19ClN4O2S2. The van der Waals surface area contributed by atoms with Crippen molar-refractivity contribution < 1.29 is 8.42 Å². The molecule has 1 aromatic heterocycles. The molecule has 134 valence electrons. The standard InChI is InChI=1S/C16H19ClN4O2S2/c1-4-10-21-15(19-20-16(21)24-12(3)5-2)11-18-25(22,23)14-8-6-13(17)7-9-14/h4-9,12,18H,1-2,10-11H2,3H3. The van der Waals surface area contributed by atoms with Crippen molar-refractivity contribution in [3.8, 4) is 0 Å². The van der Waals surface area contributed by atoms with Crippen molar-refractivity contribution in [3.05, 3.63) is 60.4 Å². The summed E-state index contributed by atoms with van der Waals surface area (Å²) in [5, 5.41) is 9.55. The van der Waals surface area contributed by atoms with E-state index in [9.17, 15) is 8.42 Å². The van der Waals surface area contributed by atoms with Crippen molar-refractivity contribution >= 4 is 33.4 Å². The van der Waals surface area contributed by atoms with Crippen LogP contribution in [-0.4, -0.2) is 28.4 Å². The maximum absolute atomic E-state index is 12.4. The Morgan fingerprint density at radius 1 is 1.32 bits per heavy atom. The summed E-state index contributed by atoms with van der Waals surface area (Å²) in [5.74, 6) is 0.510. The van der Waals surface area contributed by atoms with Crippen LogP contribution in [0.4, 0.5) is 0 Å². The molecule has 1 N–H and O–H groups in total. The summed E-state index contributed by atoms with van der Waals surface area (Å²) < 4.78 is 29.1. The number of nitrogens with zero attached hydrogens (tertiary/aromatic N) is 3. The van der Waals surface area contributed by atoms with Gasteiger partial charge >= 0.3 is 0 Å². The van der Waals surface area contributed by atoms with Gasteiger partial charge in [-0.15, -0.1) is 23.4 Å². The zero-order valence-electron chi connectivity index (χ0n) is 13.7. The van der Waals surface area contributed by atoms with Crippen LogP contribution >= 0.6 is 23.4 Å². The van der Waals surface area contributed by atoms with Crippen molar-refractivity contribution in [2.75, 3.05) is 0 Å². The minimum Gasteiger partial charge on any atom is -0.301 e. The summed E-state index contributed by atoms with van der Waals surface area (Å²) in [6.07, 6.45) is 3.52. The van der Waals surface area contributed by atoms with Crippen LogP contribution < -0.4 is 4.72 Å². The molecule has 0 saturated heterocycles. The number of allylic oxidation sites excluding steroid dienone is 1. The molecule has 1 atom stereocenters. The zero-order valence-corrected chi connectivity index (χ0v) is 16.1. The Balaban J connectivity index is 2.18. The molecule has 0 aliphatic rings. The van der Waals surface area contributed by atoms with Crippen LogP contribution in [0.2, 0.25) is 5.02 Å². The molecule has 6 nitrogen and oxygen atoms in total. The van der Waals surface area contributed by atoms with Gasteiger partial charge in [0.15, 0.2) is 5.16 Å². The van der Waals surface area contributed by atoms with Gasteiger partial charge in [-0.25, -0.2) is 13.1 Å². The minimum absolute atomic E-state index is 0.0226. The SMILES string of the molecule is C=CCn1c(CNS(=O)(=O)c2ccc(Cl)cc2)nnc1SC(C)C=C. The lowest BCUT2D eigenvalue weighted by molar-refractivity contribution is 0.574. The maximum Gasteiger partial charge on any atom is 0.240 e. The van der Waals surface area contributed by atoms with Crippen LogP contribution in [0.25, 0.3) is 0 Å². The van der Waals surface area contributed by atoms with Crippen molar-refractivity contribution in [3.63, 3.8) is 0 Å². The van der Waals surface area contributed by atoms with Gasteiger partial charge in [-0.1, -0.05) is 35.5 Å². The van der Waals surface area contributed by atoms with Crippen LogP contribution in [0.15, 0.2) is 59.6 Å². The third-order valence-electron chi connectivity index (χ3n) is 3.27. The molecule has 0 bridgehead atoms. The Morgan fingerprint density at radius 2 is 2.00 bits per heavy atom. The average molecular weight is 399 g/mol. The van der Waals surface area contributed by atoms with Crippen molar-refractivity contribution in [2.24, 2.45) is 0 Å². The van der Waals surface area contributed by atoms with E-state index >= 15 is 0 Å². The minimum atomic E-state index is -3.66. The van der Waals surface area contributed by atoms with E-state index in [-0.39, 0.29) is 16.7 Å². The summed E-state index contributed by atoms with van der Waals surface area (Å²) in [4.78, 5) is 0.140. The molecule has 0 radical (unpaired) electrons. The van der Waals surface area contributed by atoms with E-state index in [1.807, 2.05) is 11.5 Å². The van der Waals surface area contributed by atoms with Gasteiger partial charge in [0, 0.05) is 16.8 Å². The van der Waals surface area contributed by atoms with Gasteiger partial charge in [0.2, 0.25) is 10.0 Å². The summed E-state index contributed by atoms with van der Waals surface area (Å²) in [6, 6.07) is 5.96. The molecule has 1 aromatic carbocycles. The number of hydrogen-bond donors (Lipinski definition) is 1. The van der Waals surface area contributed by atoms with Crippen molar-refractivity contribution in [1.29, 1.82) is 0 Å². The second-order valence-electron chi connectivity index (χ2n) is 5.14. The van der Waals surface area contributed by atoms with Crippen LogP contribution in [0.1, 0.15) is 12.7 Å². The van der Waals surface area contributed by atoms with Crippen LogP contribution in [0.5, 0.6) is 0 Å². The molecule has 1 heterocycles. The molecule has 1 unspecified atom stereocenters. The molecule has 0 aliphatic carbocycles. The van der Waals surface area contributed by atoms with E-state index in [0.717, 1.165) is 0 Å². The second kappa shape index (κ2) is 8.66. The lowest BCUT2D eigenvalue weighted by Crippen LogP contribution is -2.25.